The Morgan fingerprint density at radius 2 is 1.83 bits per heavy atom. The van der Waals surface area contributed by atoms with Crippen molar-refractivity contribution in [1.82, 2.24) is 4.72 Å². The number of rotatable bonds is 7. The SMILES string of the molecule is COc1c(C)cc(S(=O)(=O)NCC(OC)c2ccc(Cl)s2)cc1C. The largest absolute Gasteiger partial charge is 0.496 e. The van der Waals surface area contributed by atoms with Gasteiger partial charge in [-0.3, -0.25) is 0 Å². The molecule has 0 saturated heterocycles. The Balaban J connectivity index is 2.19. The first-order valence-electron chi connectivity index (χ1n) is 7.21. The summed E-state index contributed by atoms with van der Waals surface area (Å²) in [4.78, 5) is 1.07. The second-order valence-electron chi connectivity index (χ2n) is 5.31. The van der Waals surface area contributed by atoms with Gasteiger partial charge < -0.3 is 9.47 Å². The lowest BCUT2D eigenvalue weighted by Gasteiger charge is -2.16. The van der Waals surface area contributed by atoms with Gasteiger partial charge in [0.25, 0.3) is 0 Å². The molecule has 8 heteroatoms. The molecule has 132 valence electrons. The summed E-state index contributed by atoms with van der Waals surface area (Å²) in [6.45, 7) is 3.76. The number of methoxy groups -OCH3 is 2. The summed E-state index contributed by atoms with van der Waals surface area (Å²) in [5.74, 6) is 0.692. The maximum atomic E-state index is 12.6. The van der Waals surface area contributed by atoms with E-state index in [1.807, 2.05) is 19.9 Å². The van der Waals surface area contributed by atoms with Crippen LogP contribution in [0.3, 0.4) is 0 Å². The van der Waals surface area contributed by atoms with E-state index in [1.54, 1.807) is 25.3 Å². The maximum Gasteiger partial charge on any atom is 0.240 e. The summed E-state index contributed by atoms with van der Waals surface area (Å²) in [6.07, 6.45) is -0.391. The van der Waals surface area contributed by atoms with E-state index in [0.29, 0.717) is 10.1 Å². The van der Waals surface area contributed by atoms with Crippen LogP contribution in [0.15, 0.2) is 29.2 Å². The minimum Gasteiger partial charge on any atom is -0.496 e. The Hall–Kier alpha value is -1.12. The van der Waals surface area contributed by atoms with E-state index in [1.165, 1.54) is 18.4 Å². The molecule has 0 aliphatic heterocycles. The minimum absolute atomic E-state index is 0.125. The molecule has 0 amide bonds. The molecule has 1 aromatic carbocycles. The van der Waals surface area contributed by atoms with Gasteiger partial charge in [-0.05, 0) is 49.2 Å². The molecule has 5 nitrogen and oxygen atoms in total. The summed E-state index contributed by atoms with van der Waals surface area (Å²) in [5, 5.41) is 0. The zero-order valence-corrected chi connectivity index (χ0v) is 16.3. The molecule has 1 unspecified atom stereocenters. The number of nitrogens with one attached hydrogen (secondary N) is 1. The Kier molecular flexibility index (Phi) is 6.28. The van der Waals surface area contributed by atoms with Crippen molar-refractivity contribution in [2.24, 2.45) is 0 Å². The number of aryl methyl sites for hydroxylation is 2. The highest BCUT2D eigenvalue weighted by molar-refractivity contribution is 7.89. The molecule has 0 saturated carbocycles. The molecule has 0 radical (unpaired) electrons. The van der Waals surface area contributed by atoms with Gasteiger partial charge in [0.1, 0.15) is 11.9 Å². The molecular weight excluding hydrogens is 370 g/mol. The predicted octanol–water partition coefficient (Wildman–Crippen LogP) is 3.69. The lowest BCUT2D eigenvalue weighted by Crippen LogP contribution is -2.29. The van der Waals surface area contributed by atoms with Gasteiger partial charge in [-0.2, -0.15) is 0 Å². The normalized spacial score (nSPS) is 13.0. The van der Waals surface area contributed by atoms with E-state index in [0.717, 1.165) is 16.0 Å². The molecule has 0 aliphatic rings. The van der Waals surface area contributed by atoms with Crippen LogP contribution in [0, 0.1) is 13.8 Å². The highest BCUT2D eigenvalue weighted by Gasteiger charge is 2.20. The smallest absolute Gasteiger partial charge is 0.240 e. The molecule has 0 bridgehead atoms. The zero-order chi connectivity index (χ0) is 17.9. The van der Waals surface area contributed by atoms with Crippen molar-refractivity contribution in [1.29, 1.82) is 0 Å². The second kappa shape index (κ2) is 7.84. The molecule has 1 heterocycles. The van der Waals surface area contributed by atoms with Crippen molar-refractivity contribution in [3.8, 4) is 5.75 Å². The molecule has 1 atom stereocenters. The van der Waals surface area contributed by atoms with Crippen molar-refractivity contribution in [3.63, 3.8) is 0 Å². The molecule has 0 spiro atoms. The monoisotopic (exact) mass is 389 g/mol. The third-order valence-corrected chi connectivity index (χ3v) is 6.33. The van der Waals surface area contributed by atoms with E-state index in [2.05, 4.69) is 4.72 Å². The van der Waals surface area contributed by atoms with Gasteiger partial charge in [0.05, 0.1) is 16.3 Å². The van der Waals surface area contributed by atoms with Crippen LogP contribution in [-0.2, 0) is 14.8 Å². The maximum absolute atomic E-state index is 12.6. The van der Waals surface area contributed by atoms with Crippen LogP contribution in [0.1, 0.15) is 22.1 Å². The van der Waals surface area contributed by atoms with E-state index in [9.17, 15) is 8.42 Å². The molecule has 0 aliphatic carbocycles. The summed E-state index contributed by atoms with van der Waals surface area (Å²) < 4.78 is 39.0. The van der Waals surface area contributed by atoms with Crippen LogP contribution in [-0.4, -0.2) is 29.2 Å². The predicted molar refractivity (Wildman–Crippen MR) is 96.7 cm³/mol. The van der Waals surface area contributed by atoms with Crippen LogP contribution in [0.5, 0.6) is 5.75 Å². The van der Waals surface area contributed by atoms with E-state index >= 15 is 0 Å². The second-order valence-corrected chi connectivity index (χ2v) is 8.82. The van der Waals surface area contributed by atoms with Gasteiger partial charge in [-0.15, -0.1) is 11.3 Å². The van der Waals surface area contributed by atoms with Gasteiger partial charge >= 0.3 is 0 Å². The number of ether oxygens (including phenoxy) is 2. The fraction of sp³-hybridized carbons (Fsp3) is 0.375. The first-order chi connectivity index (χ1) is 11.3. The number of benzene rings is 1. The molecule has 1 aromatic heterocycles. The third kappa shape index (κ3) is 4.29. The van der Waals surface area contributed by atoms with E-state index < -0.39 is 16.1 Å². The highest BCUT2D eigenvalue weighted by Crippen LogP contribution is 2.29. The molecule has 0 fully saturated rings. The molecule has 24 heavy (non-hydrogen) atoms. The zero-order valence-electron chi connectivity index (χ0n) is 13.9. The van der Waals surface area contributed by atoms with Gasteiger partial charge in [0.15, 0.2) is 0 Å². The number of sulfonamides is 1. The van der Waals surface area contributed by atoms with E-state index in [4.69, 9.17) is 21.1 Å². The van der Waals surface area contributed by atoms with Crippen molar-refractivity contribution in [2.45, 2.75) is 24.8 Å². The number of halogens is 1. The van der Waals surface area contributed by atoms with Crippen molar-refractivity contribution >= 4 is 33.0 Å². The Bertz CT molecular complexity index is 794. The minimum atomic E-state index is -3.65. The first-order valence-corrected chi connectivity index (χ1v) is 9.89. The van der Waals surface area contributed by atoms with Crippen LogP contribution in [0.2, 0.25) is 4.34 Å². The molecular formula is C16H20ClNO4S2. The first kappa shape index (κ1) is 19.2. The Morgan fingerprint density at radius 1 is 1.21 bits per heavy atom. The molecule has 2 rings (SSSR count). The topological polar surface area (TPSA) is 64.6 Å². The van der Waals surface area contributed by atoms with Crippen molar-refractivity contribution in [2.75, 3.05) is 20.8 Å². The van der Waals surface area contributed by atoms with Crippen LogP contribution >= 0.6 is 22.9 Å². The number of thiophene rings is 1. The molecule has 2 aromatic rings. The highest BCUT2D eigenvalue weighted by atomic mass is 35.5. The molecule has 1 N–H and O–H groups in total. The average Bonchev–Trinajstić information content (AvgIpc) is 2.94. The summed E-state index contributed by atoms with van der Waals surface area (Å²) in [7, 11) is -0.548. The fourth-order valence-electron chi connectivity index (χ4n) is 2.46. The van der Waals surface area contributed by atoms with Crippen molar-refractivity contribution in [3.05, 3.63) is 44.6 Å². The van der Waals surface area contributed by atoms with Crippen LogP contribution < -0.4 is 9.46 Å². The standard InChI is InChI=1S/C16H20ClNO4S2/c1-10-7-12(8-11(2)16(10)22-4)24(19,20)18-9-13(21-3)14-5-6-15(17)23-14/h5-8,13,18H,9H2,1-4H3. The Morgan fingerprint density at radius 3 is 2.29 bits per heavy atom. The van der Waals surface area contributed by atoms with Gasteiger partial charge in [-0.25, -0.2) is 13.1 Å². The van der Waals surface area contributed by atoms with Crippen LogP contribution in [0.25, 0.3) is 0 Å². The van der Waals surface area contributed by atoms with Crippen molar-refractivity contribution < 1.29 is 17.9 Å². The number of hydrogen-bond acceptors (Lipinski definition) is 5. The average molecular weight is 390 g/mol. The van der Waals surface area contributed by atoms with Gasteiger partial charge in [0, 0.05) is 18.5 Å². The summed E-state index contributed by atoms with van der Waals surface area (Å²) in [6, 6.07) is 6.78. The lowest BCUT2D eigenvalue weighted by molar-refractivity contribution is 0.110. The summed E-state index contributed by atoms with van der Waals surface area (Å²) in [5.41, 5.74) is 1.54. The number of hydrogen-bond donors (Lipinski definition) is 1. The fourth-order valence-corrected chi connectivity index (χ4v) is 4.80. The quantitative estimate of drug-likeness (QED) is 0.784. The lowest BCUT2D eigenvalue weighted by atomic mass is 10.1. The van der Waals surface area contributed by atoms with Gasteiger partial charge in [0.2, 0.25) is 10.0 Å². The third-order valence-electron chi connectivity index (χ3n) is 3.60. The van der Waals surface area contributed by atoms with Crippen LogP contribution in [0.4, 0.5) is 0 Å². The Labute approximate surface area is 151 Å². The van der Waals surface area contributed by atoms with E-state index in [-0.39, 0.29) is 11.4 Å². The van der Waals surface area contributed by atoms with Gasteiger partial charge in [-0.1, -0.05) is 11.6 Å². The summed E-state index contributed by atoms with van der Waals surface area (Å²) >= 11 is 7.29.